The fourth-order valence-corrected chi connectivity index (χ4v) is 2.48. The molecule has 0 aliphatic rings. The molecule has 0 saturated carbocycles. The van der Waals surface area contributed by atoms with Crippen molar-refractivity contribution in [3.8, 4) is 0 Å². The van der Waals surface area contributed by atoms with Crippen LogP contribution in [0.25, 0.3) is 6.08 Å². The lowest BCUT2D eigenvalue weighted by atomic mass is 10.1. The molecule has 0 radical (unpaired) electrons. The van der Waals surface area contributed by atoms with Gasteiger partial charge in [-0.2, -0.15) is 11.1 Å². The van der Waals surface area contributed by atoms with Gasteiger partial charge in [-0.3, -0.25) is 0 Å². The molecule has 0 fully saturated rings. The quantitative estimate of drug-likeness (QED) is 0.528. The van der Waals surface area contributed by atoms with E-state index in [1.54, 1.807) is 0 Å². The van der Waals surface area contributed by atoms with Crippen molar-refractivity contribution in [3.05, 3.63) is 42.0 Å². The lowest BCUT2D eigenvalue weighted by Crippen LogP contribution is -2.16. The predicted octanol–water partition coefficient (Wildman–Crippen LogP) is 4.32. The third-order valence-corrected chi connectivity index (χ3v) is 4.20. The van der Waals surface area contributed by atoms with Gasteiger partial charge < -0.3 is 0 Å². The van der Waals surface area contributed by atoms with E-state index in [0.717, 1.165) is 12.5 Å². The molecule has 0 nitrogen and oxygen atoms in total. The highest BCUT2D eigenvalue weighted by Crippen LogP contribution is 2.18. The van der Waals surface area contributed by atoms with Gasteiger partial charge >= 0.3 is 0 Å². The van der Waals surface area contributed by atoms with Crippen LogP contribution < -0.4 is 0 Å². The van der Waals surface area contributed by atoms with E-state index >= 15 is 0 Å². The maximum Gasteiger partial charge on any atom is 0.150 e. The Morgan fingerprint density at radius 3 is 2.71 bits per heavy atom. The van der Waals surface area contributed by atoms with E-state index < -0.39 is 7.38 Å². The average molecular weight is 225 g/mol. The Morgan fingerprint density at radius 2 is 2.14 bits per heavy atom. The van der Waals surface area contributed by atoms with Crippen molar-refractivity contribution in [2.75, 3.05) is 0 Å². The molecule has 1 aromatic carbocycles. The second kappa shape index (κ2) is 4.81. The highest BCUT2D eigenvalue weighted by Gasteiger charge is 2.16. The Bertz CT molecular complexity index is 312. The zero-order valence-corrected chi connectivity index (χ0v) is 10.6. The normalized spacial score (nSPS) is 11.4. The van der Waals surface area contributed by atoms with Crippen LogP contribution in [0.2, 0.25) is 19.1 Å². The second-order valence-corrected chi connectivity index (χ2v) is 11.2. The van der Waals surface area contributed by atoms with Gasteiger partial charge in [0, 0.05) is 0 Å². The molecule has 76 valence electrons. The van der Waals surface area contributed by atoms with E-state index in [-0.39, 0.29) is 0 Å². The molecular formula is C12H17ClSi. The molecule has 14 heavy (non-hydrogen) atoms. The summed E-state index contributed by atoms with van der Waals surface area (Å²) in [4.78, 5) is 0. The monoisotopic (exact) mass is 224 g/mol. The van der Waals surface area contributed by atoms with Crippen LogP contribution in [0.15, 0.2) is 30.8 Å². The van der Waals surface area contributed by atoms with Crippen molar-refractivity contribution < 1.29 is 0 Å². The second-order valence-electron chi connectivity index (χ2n) is 4.17. The minimum atomic E-state index is -1.42. The molecule has 1 rings (SSSR count). The maximum absolute atomic E-state index is 6.28. The van der Waals surface area contributed by atoms with E-state index in [0.29, 0.717) is 0 Å². The Kier molecular flexibility index (Phi) is 3.96. The molecule has 0 unspecified atom stereocenters. The minimum Gasteiger partial charge on any atom is -0.168 e. The maximum atomic E-state index is 6.28. The van der Waals surface area contributed by atoms with Gasteiger partial charge in [-0.05, 0) is 23.6 Å². The van der Waals surface area contributed by atoms with Crippen LogP contribution >= 0.6 is 11.1 Å². The van der Waals surface area contributed by atoms with Gasteiger partial charge in [0.25, 0.3) is 0 Å². The zero-order chi connectivity index (χ0) is 10.6. The third kappa shape index (κ3) is 4.12. The largest absolute Gasteiger partial charge is 0.168 e. The topological polar surface area (TPSA) is 0 Å². The number of benzene rings is 1. The van der Waals surface area contributed by atoms with Crippen molar-refractivity contribution >= 4 is 24.5 Å². The van der Waals surface area contributed by atoms with E-state index in [1.807, 2.05) is 6.08 Å². The first-order valence-corrected chi connectivity index (χ1v) is 9.13. The highest BCUT2D eigenvalue weighted by atomic mass is 35.6. The number of aryl methyl sites for hydroxylation is 1. The van der Waals surface area contributed by atoms with E-state index in [9.17, 15) is 0 Å². The lowest BCUT2D eigenvalue weighted by Gasteiger charge is -2.12. The van der Waals surface area contributed by atoms with Gasteiger partial charge in [-0.15, -0.1) is 0 Å². The molecule has 0 bridgehead atoms. The Hall–Kier alpha value is -0.533. The van der Waals surface area contributed by atoms with Crippen molar-refractivity contribution in [3.63, 3.8) is 0 Å². The Balaban J connectivity index is 2.63. The first-order valence-electron chi connectivity index (χ1n) is 4.91. The minimum absolute atomic E-state index is 1.09. The van der Waals surface area contributed by atoms with Crippen LogP contribution in [-0.4, -0.2) is 7.38 Å². The summed E-state index contributed by atoms with van der Waals surface area (Å²) in [7, 11) is -1.42. The molecule has 0 atom stereocenters. The van der Waals surface area contributed by atoms with Crippen LogP contribution in [0, 0.1) is 0 Å². The predicted molar refractivity (Wildman–Crippen MR) is 68.4 cm³/mol. The van der Waals surface area contributed by atoms with Crippen LogP contribution in [0.3, 0.4) is 0 Å². The number of halogens is 1. The molecule has 0 N–H and O–H groups in total. The summed E-state index contributed by atoms with van der Waals surface area (Å²) < 4.78 is 0. The molecule has 0 saturated heterocycles. The molecule has 0 aromatic heterocycles. The average Bonchev–Trinajstić information content (AvgIpc) is 2.14. The van der Waals surface area contributed by atoms with Crippen molar-refractivity contribution in [1.82, 2.24) is 0 Å². The van der Waals surface area contributed by atoms with Gasteiger partial charge in [0.2, 0.25) is 0 Å². The zero-order valence-electron chi connectivity index (χ0n) is 8.89. The van der Waals surface area contributed by atoms with Gasteiger partial charge in [-0.1, -0.05) is 50.0 Å². The fourth-order valence-electron chi connectivity index (χ4n) is 1.32. The molecule has 0 amide bonds. The summed E-state index contributed by atoms with van der Waals surface area (Å²) >= 11 is 6.28. The molecule has 0 aliphatic heterocycles. The van der Waals surface area contributed by atoms with Gasteiger partial charge in [0.15, 0.2) is 7.38 Å². The molecule has 1 aromatic rings. The van der Waals surface area contributed by atoms with Crippen molar-refractivity contribution in [2.45, 2.75) is 25.6 Å². The lowest BCUT2D eigenvalue weighted by molar-refractivity contribution is 1.11. The van der Waals surface area contributed by atoms with Crippen molar-refractivity contribution in [1.29, 1.82) is 0 Å². The standard InChI is InChI=1S/C12H17ClSi/c1-4-11-6-5-7-12(10-11)8-9-14(2,3)13/h4-7,10H,1,8-9H2,2-3H3. The smallest absolute Gasteiger partial charge is 0.150 e. The Morgan fingerprint density at radius 1 is 1.43 bits per heavy atom. The number of rotatable bonds is 4. The van der Waals surface area contributed by atoms with E-state index in [2.05, 4.69) is 43.9 Å². The van der Waals surface area contributed by atoms with Crippen LogP contribution in [0.4, 0.5) is 0 Å². The Labute approximate surface area is 92.3 Å². The SMILES string of the molecule is C=Cc1cccc(CC[Si](C)(C)Cl)c1. The molecule has 0 spiro atoms. The first-order chi connectivity index (χ1) is 6.51. The van der Waals surface area contributed by atoms with E-state index in [1.165, 1.54) is 11.1 Å². The molecular weight excluding hydrogens is 208 g/mol. The first kappa shape index (κ1) is 11.5. The summed E-state index contributed by atoms with van der Waals surface area (Å²) in [6.45, 7) is 8.14. The van der Waals surface area contributed by atoms with Crippen LogP contribution in [0.1, 0.15) is 11.1 Å². The highest BCUT2D eigenvalue weighted by molar-refractivity contribution is 7.19. The molecule has 2 heteroatoms. The van der Waals surface area contributed by atoms with Crippen LogP contribution in [0.5, 0.6) is 0 Å². The summed E-state index contributed by atoms with van der Waals surface area (Å²) in [5, 5.41) is 0. The summed E-state index contributed by atoms with van der Waals surface area (Å²) in [6.07, 6.45) is 2.97. The molecule has 0 heterocycles. The van der Waals surface area contributed by atoms with E-state index in [4.69, 9.17) is 11.1 Å². The van der Waals surface area contributed by atoms with Gasteiger partial charge in [0.1, 0.15) is 0 Å². The summed E-state index contributed by atoms with van der Waals surface area (Å²) in [6, 6.07) is 9.62. The summed E-state index contributed by atoms with van der Waals surface area (Å²) in [5.74, 6) is 0. The van der Waals surface area contributed by atoms with Crippen LogP contribution in [-0.2, 0) is 6.42 Å². The van der Waals surface area contributed by atoms with Gasteiger partial charge in [-0.25, -0.2) is 0 Å². The summed E-state index contributed by atoms with van der Waals surface area (Å²) in [5.41, 5.74) is 2.56. The van der Waals surface area contributed by atoms with Gasteiger partial charge in [0.05, 0.1) is 0 Å². The molecule has 0 aliphatic carbocycles. The fraction of sp³-hybridized carbons (Fsp3) is 0.333. The third-order valence-electron chi connectivity index (χ3n) is 2.19. The number of hydrogen-bond acceptors (Lipinski definition) is 0. The van der Waals surface area contributed by atoms with Crippen molar-refractivity contribution in [2.24, 2.45) is 0 Å². The number of hydrogen-bond donors (Lipinski definition) is 0.